The van der Waals surface area contributed by atoms with Crippen molar-refractivity contribution in [2.24, 2.45) is 34.4 Å². The van der Waals surface area contributed by atoms with Crippen LogP contribution in [0.1, 0.15) is 43.2 Å². The van der Waals surface area contributed by atoms with E-state index in [1.165, 1.54) is 54.0 Å². The topological polar surface area (TPSA) is 50.4 Å². The zero-order chi connectivity index (χ0) is 18.1. The number of nitrogens with zero attached hydrogens (tertiary/aromatic N) is 1. The first-order valence-corrected chi connectivity index (χ1v) is 11.0. The number of benzene rings is 2. The predicted molar refractivity (Wildman–Crippen MR) is 117 cm³/mol. The van der Waals surface area contributed by atoms with E-state index in [2.05, 4.69) is 57.7 Å². The van der Waals surface area contributed by atoms with Gasteiger partial charge in [-0.1, -0.05) is 30.4 Å². The summed E-state index contributed by atoms with van der Waals surface area (Å²) in [7, 11) is 0. The maximum Gasteiger partial charge on any atom is 0.193 e. The van der Waals surface area contributed by atoms with Crippen LogP contribution in [0.4, 0.5) is 5.69 Å². The average Bonchev–Trinajstić information content (AvgIpc) is 3.05. The number of nitrogens with one attached hydrogen (secondary N) is 1. The van der Waals surface area contributed by atoms with Crippen LogP contribution < -0.4 is 11.1 Å². The van der Waals surface area contributed by atoms with Crippen LogP contribution in [0.2, 0.25) is 0 Å². The SMILES string of the molecule is NC(=NC1C2CC3CC(C2)CC1C3)Nc1c(Br)cc2c3c(cccc13)C=C2. The summed E-state index contributed by atoms with van der Waals surface area (Å²) in [6, 6.07) is 9.04. The molecule has 0 unspecified atom stereocenters. The van der Waals surface area contributed by atoms with Crippen LogP contribution >= 0.6 is 15.9 Å². The lowest BCUT2D eigenvalue weighted by atomic mass is 9.54. The van der Waals surface area contributed by atoms with Crippen molar-refractivity contribution in [3.05, 3.63) is 39.9 Å². The normalized spacial score (nSPS) is 33.2. The van der Waals surface area contributed by atoms with Gasteiger partial charge in [-0.05, 0) is 94.3 Å². The molecule has 5 aliphatic carbocycles. The fraction of sp³-hybridized carbons (Fsp3) is 0.435. The van der Waals surface area contributed by atoms with Crippen LogP contribution in [0, 0.1) is 23.7 Å². The maximum absolute atomic E-state index is 6.44. The molecular weight excluding hydrogens is 398 g/mol. The monoisotopic (exact) mass is 421 g/mol. The van der Waals surface area contributed by atoms with E-state index < -0.39 is 0 Å². The van der Waals surface area contributed by atoms with Crippen molar-refractivity contribution in [1.29, 1.82) is 0 Å². The number of aliphatic imine (C=N–C) groups is 1. The van der Waals surface area contributed by atoms with Gasteiger partial charge in [0.2, 0.25) is 0 Å². The molecule has 2 aromatic carbocycles. The number of hydrogen-bond acceptors (Lipinski definition) is 1. The predicted octanol–water partition coefficient (Wildman–Crippen LogP) is 5.64. The minimum Gasteiger partial charge on any atom is -0.370 e. The van der Waals surface area contributed by atoms with Crippen LogP contribution in [-0.2, 0) is 0 Å². The number of nitrogens with two attached hydrogens (primary N) is 1. The standard InChI is InChI=1S/C23H24BrN3/c24-19-11-15-5-4-14-2-1-3-18(20(14)15)22(19)27-23(25)26-21-16-7-12-6-13(9-16)10-17(21)8-12/h1-5,11-13,16-17,21H,6-10H2,(H3,25,26,27). The van der Waals surface area contributed by atoms with Crippen molar-refractivity contribution in [2.45, 2.75) is 38.1 Å². The van der Waals surface area contributed by atoms with Gasteiger partial charge in [-0.2, -0.15) is 0 Å². The highest BCUT2D eigenvalue weighted by Gasteiger charge is 2.48. The molecule has 0 saturated heterocycles. The molecule has 7 rings (SSSR count). The highest BCUT2D eigenvalue weighted by Crippen LogP contribution is 2.54. The Balaban J connectivity index is 1.34. The van der Waals surface area contributed by atoms with Crippen molar-refractivity contribution < 1.29 is 0 Å². The molecule has 138 valence electrons. The molecule has 4 heteroatoms. The molecule has 5 aliphatic rings. The Labute approximate surface area is 168 Å². The Morgan fingerprint density at radius 1 is 1.00 bits per heavy atom. The molecule has 4 saturated carbocycles. The number of anilines is 1. The fourth-order valence-corrected chi connectivity index (χ4v) is 7.07. The average molecular weight is 422 g/mol. The molecule has 0 aromatic heterocycles. The summed E-state index contributed by atoms with van der Waals surface area (Å²) >= 11 is 3.74. The van der Waals surface area contributed by atoms with Crippen LogP contribution in [-0.4, -0.2) is 12.0 Å². The Morgan fingerprint density at radius 2 is 1.70 bits per heavy atom. The maximum atomic E-state index is 6.44. The van der Waals surface area contributed by atoms with E-state index in [-0.39, 0.29) is 0 Å². The zero-order valence-corrected chi connectivity index (χ0v) is 16.9. The van der Waals surface area contributed by atoms with Gasteiger partial charge >= 0.3 is 0 Å². The molecule has 4 fully saturated rings. The summed E-state index contributed by atoms with van der Waals surface area (Å²) in [5.41, 5.74) is 10.0. The minimum absolute atomic E-state index is 0.419. The van der Waals surface area contributed by atoms with Crippen LogP contribution in [0.5, 0.6) is 0 Å². The van der Waals surface area contributed by atoms with E-state index in [4.69, 9.17) is 10.7 Å². The Bertz CT molecular complexity index is 978. The number of hydrogen-bond donors (Lipinski definition) is 2. The van der Waals surface area contributed by atoms with Gasteiger partial charge in [-0.3, -0.25) is 0 Å². The third-order valence-electron chi connectivity index (χ3n) is 7.34. The van der Waals surface area contributed by atoms with Crippen molar-refractivity contribution in [3.8, 4) is 0 Å². The van der Waals surface area contributed by atoms with Crippen molar-refractivity contribution >= 4 is 50.5 Å². The molecule has 4 bridgehead atoms. The third-order valence-corrected chi connectivity index (χ3v) is 7.96. The van der Waals surface area contributed by atoms with Gasteiger partial charge < -0.3 is 11.1 Å². The highest BCUT2D eigenvalue weighted by atomic mass is 79.9. The Kier molecular flexibility index (Phi) is 3.50. The van der Waals surface area contributed by atoms with E-state index in [1.807, 2.05) is 0 Å². The molecule has 0 spiro atoms. The second-order valence-electron chi connectivity index (χ2n) is 8.99. The first-order valence-electron chi connectivity index (χ1n) is 10.2. The van der Waals surface area contributed by atoms with Gasteiger partial charge in [0.25, 0.3) is 0 Å². The van der Waals surface area contributed by atoms with Crippen molar-refractivity contribution in [3.63, 3.8) is 0 Å². The molecule has 2 aromatic rings. The number of guanidine groups is 1. The van der Waals surface area contributed by atoms with E-state index in [1.54, 1.807) is 0 Å². The molecule has 0 radical (unpaired) electrons. The smallest absolute Gasteiger partial charge is 0.193 e. The largest absolute Gasteiger partial charge is 0.370 e. The van der Waals surface area contributed by atoms with Gasteiger partial charge in [-0.15, -0.1) is 0 Å². The molecule has 0 amide bonds. The second kappa shape index (κ2) is 5.84. The first kappa shape index (κ1) is 16.2. The lowest BCUT2D eigenvalue weighted by Gasteiger charge is -2.53. The Hall–Kier alpha value is -1.81. The third kappa shape index (κ3) is 2.49. The van der Waals surface area contributed by atoms with E-state index in [9.17, 15) is 0 Å². The van der Waals surface area contributed by atoms with Crippen molar-refractivity contribution in [1.82, 2.24) is 0 Å². The quantitative estimate of drug-likeness (QED) is 0.415. The fourth-order valence-electron chi connectivity index (χ4n) is 6.52. The summed E-state index contributed by atoms with van der Waals surface area (Å²) < 4.78 is 1.04. The first-order chi connectivity index (χ1) is 13.2. The zero-order valence-electron chi connectivity index (χ0n) is 15.3. The van der Waals surface area contributed by atoms with E-state index in [0.29, 0.717) is 12.0 Å². The second-order valence-corrected chi connectivity index (χ2v) is 9.84. The summed E-state index contributed by atoms with van der Waals surface area (Å²) in [5, 5.41) is 5.94. The number of rotatable bonds is 2. The molecule has 3 nitrogen and oxygen atoms in total. The van der Waals surface area contributed by atoms with Gasteiger partial charge in [0.15, 0.2) is 5.96 Å². The van der Waals surface area contributed by atoms with Crippen LogP contribution in [0.15, 0.2) is 33.7 Å². The molecule has 27 heavy (non-hydrogen) atoms. The van der Waals surface area contributed by atoms with Crippen LogP contribution in [0.3, 0.4) is 0 Å². The lowest BCUT2D eigenvalue weighted by molar-refractivity contribution is 0.00124. The molecule has 0 heterocycles. The van der Waals surface area contributed by atoms with E-state index >= 15 is 0 Å². The van der Waals surface area contributed by atoms with Gasteiger partial charge in [0, 0.05) is 9.86 Å². The molecule has 0 aliphatic heterocycles. The van der Waals surface area contributed by atoms with Gasteiger partial charge in [0.05, 0.1) is 11.7 Å². The highest BCUT2D eigenvalue weighted by molar-refractivity contribution is 9.10. The van der Waals surface area contributed by atoms with Crippen molar-refractivity contribution in [2.75, 3.05) is 5.32 Å². The summed E-state index contributed by atoms with van der Waals surface area (Å²) in [6.45, 7) is 0. The van der Waals surface area contributed by atoms with E-state index in [0.717, 1.165) is 33.8 Å². The number of halogens is 1. The molecule has 3 N–H and O–H groups in total. The molecule has 0 atom stereocenters. The summed E-state index contributed by atoms with van der Waals surface area (Å²) in [4.78, 5) is 5.03. The van der Waals surface area contributed by atoms with Crippen LogP contribution in [0.25, 0.3) is 22.9 Å². The van der Waals surface area contributed by atoms with Gasteiger partial charge in [-0.25, -0.2) is 4.99 Å². The molecular formula is C23H24BrN3. The summed E-state index contributed by atoms with van der Waals surface area (Å²) in [5.74, 6) is 4.00. The summed E-state index contributed by atoms with van der Waals surface area (Å²) in [6.07, 6.45) is 11.3. The lowest BCUT2D eigenvalue weighted by Crippen LogP contribution is -2.48. The Morgan fingerprint density at radius 3 is 2.44 bits per heavy atom. The minimum atomic E-state index is 0.419. The van der Waals surface area contributed by atoms with Gasteiger partial charge in [0.1, 0.15) is 0 Å².